The third-order valence-corrected chi connectivity index (χ3v) is 0.753. The molecule has 1 amide bonds. The first-order chi connectivity index (χ1) is 4.52. The van der Waals surface area contributed by atoms with Crippen molar-refractivity contribution in [3.05, 3.63) is 11.9 Å². The predicted octanol–water partition coefficient (Wildman–Crippen LogP) is -0.730. The summed E-state index contributed by atoms with van der Waals surface area (Å²) in [6.07, 6.45) is 1.15. The highest BCUT2D eigenvalue weighted by Crippen LogP contribution is 1.81. The van der Waals surface area contributed by atoms with E-state index in [0.29, 0.717) is 5.82 Å². The van der Waals surface area contributed by atoms with Gasteiger partial charge < -0.3 is 16.8 Å². The number of hydrogen-bond donors (Lipinski definition) is 3. The molecule has 0 atom stereocenters. The third kappa shape index (κ3) is 4.96. The van der Waals surface area contributed by atoms with Gasteiger partial charge in [-0.05, 0) is 13.8 Å². The molecule has 4 heteroatoms. The lowest BCUT2D eigenvalue weighted by Crippen LogP contribution is -2.28. The van der Waals surface area contributed by atoms with Crippen molar-refractivity contribution in [3.63, 3.8) is 0 Å². The fraction of sp³-hybridized carbons (Fsp3) is 0.500. The molecule has 0 aliphatic carbocycles. The molecule has 0 heterocycles. The summed E-state index contributed by atoms with van der Waals surface area (Å²) in [5.41, 5.74) is 10.2. The second kappa shape index (κ2) is 3.76. The number of hydrogen-bond acceptors (Lipinski definition) is 3. The van der Waals surface area contributed by atoms with Gasteiger partial charge >= 0.3 is 0 Å². The van der Waals surface area contributed by atoms with Gasteiger partial charge in [0.15, 0.2) is 0 Å². The highest BCUT2D eigenvalue weighted by atomic mass is 16.1. The summed E-state index contributed by atoms with van der Waals surface area (Å²) in [6, 6.07) is 0.218. The van der Waals surface area contributed by atoms with Gasteiger partial charge in [0.1, 0.15) is 5.82 Å². The highest BCUT2D eigenvalue weighted by molar-refractivity contribution is 5.86. The first-order valence-corrected chi connectivity index (χ1v) is 3.05. The predicted molar refractivity (Wildman–Crippen MR) is 39.7 cm³/mol. The van der Waals surface area contributed by atoms with Crippen LogP contribution >= 0.6 is 0 Å². The lowest BCUT2D eigenvalue weighted by atomic mass is 10.4. The van der Waals surface area contributed by atoms with Gasteiger partial charge in [-0.25, -0.2) is 0 Å². The average Bonchev–Trinajstić information content (AvgIpc) is 1.58. The monoisotopic (exact) mass is 143 g/mol. The van der Waals surface area contributed by atoms with E-state index in [2.05, 4.69) is 5.32 Å². The molecule has 0 spiro atoms. The normalized spacial score (nSPS) is 11.7. The molecule has 0 fully saturated rings. The number of carbonyl (C=O) groups is 1. The second-order valence-corrected chi connectivity index (χ2v) is 2.30. The maximum atomic E-state index is 10.2. The number of nitrogens with one attached hydrogen (secondary N) is 1. The topological polar surface area (TPSA) is 81.1 Å². The highest BCUT2D eigenvalue weighted by Gasteiger charge is 1.94. The molecular formula is C6H13N3O. The first kappa shape index (κ1) is 8.81. The molecule has 0 aromatic rings. The molecule has 0 radical (unpaired) electrons. The van der Waals surface area contributed by atoms with Crippen molar-refractivity contribution < 1.29 is 4.79 Å². The molecule has 0 aliphatic heterocycles. The van der Waals surface area contributed by atoms with Gasteiger partial charge in [-0.1, -0.05) is 0 Å². The molecule has 0 saturated carbocycles. The fourth-order valence-electron chi connectivity index (χ4n) is 0.528. The van der Waals surface area contributed by atoms with Crippen LogP contribution in [0, 0.1) is 0 Å². The number of amides is 1. The van der Waals surface area contributed by atoms with Crippen LogP contribution in [0.4, 0.5) is 0 Å². The van der Waals surface area contributed by atoms with Crippen molar-refractivity contribution in [1.82, 2.24) is 5.32 Å². The van der Waals surface area contributed by atoms with Crippen LogP contribution < -0.4 is 16.8 Å². The summed E-state index contributed by atoms with van der Waals surface area (Å²) >= 11 is 0. The van der Waals surface area contributed by atoms with Gasteiger partial charge in [0, 0.05) is 12.1 Å². The zero-order valence-corrected chi connectivity index (χ0v) is 6.22. The summed E-state index contributed by atoms with van der Waals surface area (Å²) < 4.78 is 0. The summed E-state index contributed by atoms with van der Waals surface area (Å²) in [7, 11) is 0. The van der Waals surface area contributed by atoms with Crippen LogP contribution in [-0.4, -0.2) is 11.9 Å². The van der Waals surface area contributed by atoms with Gasteiger partial charge in [0.05, 0.1) is 0 Å². The number of rotatable bonds is 3. The Morgan fingerprint density at radius 2 is 2.00 bits per heavy atom. The Morgan fingerprint density at radius 3 is 2.30 bits per heavy atom. The standard InChI is InChI=1S/C6H13N3O/c1-4(2)9-5(7)3-6(8)10/h3-4,9H,7H2,1-2H3,(H2,8,10)/b5-3-. The minimum absolute atomic E-state index is 0.218. The van der Waals surface area contributed by atoms with E-state index in [-0.39, 0.29) is 6.04 Å². The SMILES string of the molecule is CC(C)N/C(N)=C\C(N)=O. The molecule has 0 aromatic carbocycles. The quantitative estimate of drug-likeness (QED) is 0.455. The van der Waals surface area contributed by atoms with E-state index in [9.17, 15) is 4.79 Å². The van der Waals surface area contributed by atoms with Crippen molar-refractivity contribution in [1.29, 1.82) is 0 Å². The van der Waals surface area contributed by atoms with Crippen LogP contribution in [0.5, 0.6) is 0 Å². The van der Waals surface area contributed by atoms with Crippen molar-refractivity contribution in [3.8, 4) is 0 Å². The van der Waals surface area contributed by atoms with E-state index < -0.39 is 5.91 Å². The van der Waals surface area contributed by atoms with E-state index in [0.717, 1.165) is 6.08 Å². The Labute approximate surface area is 60.3 Å². The van der Waals surface area contributed by atoms with Gasteiger partial charge in [-0.2, -0.15) is 0 Å². The fourth-order valence-corrected chi connectivity index (χ4v) is 0.528. The molecule has 0 aliphatic rings. The van der Waals surface area contributed by atoms with E-state index in [1.54, 1.807) is 0 Å². The van der Waals surface area contributed by atoms with Crippen molar-refractivity contribution in [2.24, 2.45) is 11.5 Å². The molecule has 0 rings (SSSR count). The Bertz CT molecular complexity index is 151. The summed E-state index contributed by atoms with van der Waals surface area (Å²) in [6.45, 7) is 3.84. The Hall–Kier alpha value is -1.19. The molecule has 0 saturated heterocycles. The molecule has 4 nitrogen and oxygen atoms in total. The second-order valence-electron chi connectivity index (χ2n) is 2.30. The minimum atomic E-state index is -0.536. The van der Waals surface area contributed by atoms with Gasteiger partial charge in [0.25, 0.3) is 0 Å². The van der Waals surface area contributed by atoms with Crippen LogP contribution in [0.15, 0.2) is 11.9 Å². The van der Waals surface area contributed by atoms with Crippen molar-refractivity contribution >= 4 is 5.91 Å². The lowest BCUT2D eigenvalue weighted by molar-refractivity contribution is -0.113. The number of carbonyl (C=O) groups excluding carboxylic acids is 1. The lowest BCUT2D eigenvalue weighted by Gasteiger charge is -2.07. The Morgan fingerprint density at radius 1 is 1.50 bits per heavy atom. The van der Waals surface area contributed by atoms with E-state index in [4.69, 9.17) is 11.5 Å². The maximum Gasteiger partial charge on any atom is 0.245 e. The molecule has 58 valence electrons. The summed E-state index contributed by atoms with van der Waals surface area (Å²) in [5, 5.41) is 2.81. The largest absolute Gasteiger partial charge is 0.385 e. The minimum Gasteiger partial charge on any atom is -0.385 e. The molecule has 0 aromatic heterocycles. The van der Waals surface area contributed by atoms with E-state index in [1.807, 2.05) is 13.8 Å². The maximum absolute atomic E-state index is 10.2. The van der Waals surface area contributed by atoms with Crippen molar-refractivity contribution in [2.75, 3.05) is 0 Å². The molecule has 0 unspecified atom stereocenters. The van der Waals surface area contributed by atoms with Crippen LogP contribution in [0.3, 0.4) is 0 Å². The van der Waals surface area contributed by atoms with E-state index in [1.165, 1.54) is 0 Å². The molecule has 10 heavy (non-hydrogen) atoms. The van der Waals surface area contributed by atoms with Crippen LogP contribution in [0.25, 0.3) is 0 Å². The van der Waals surface area contributed by atoms with Gasteiger partial charge in [0.2, 0.25) is 5.91 Å². The number of primary amides is 1. The van der Waals surface area contributed by atoms with E-state index >= 15 is 0 Å². The first-order valence-electron chi connectivity index (χ1n) is 3.05. The summed E-state index contributed by atoms with van der Waals surface area (Å²) in [5.74, 6) is -0.229. The zero-order chi connectivity index (χ0) is 8.15. The van der Waals surface area contributed by atoms with Crippen LogP contribution in [-0.2, 0) is 4.79 Å². The van der Waals surface area contributed by atoms with Crippen LogP contribution in [0.1, 0.15) is 13.8 Å². The Balaban J connectivity index is 3.83. The Kier molecular flexibility index (Phi) is 3.32. The zero-order valence-electron chi connectivity index (χ0n) is 6.22. The smallest absolute Gasteiger partial charge is 0.245 e. The molecule has 0 bridgehead atoms. The van der Waals surface area contributed by atoms with Crippen LogP contribution in [0.2, 0.25) is 0 Å². The molecular weight excluding hydrogens is 130 g/mol. The third-order valence-electron chi connectivity index (χ3n) is 0.753. The average molecular weight is 143 g/mol. The van der Waals surface area contributed by atoms with Crippen molar-refractivity contribution in [2.45, 2.75) is 19.9 Å². The number of nitrogens with two attached hydrogens (primary N) is 2. The van der Waals surface area contributed by atoms with Gasteiger partial charge in [-0.3, -0.25) is 4.79 Å². The van der Waals surface area contributed by atoms with Gasteiger partial charge in [-0.15, -0.1) is 0 Å². The summed E-state index contributed by atoms with van der Waals surface area (Å²) in [4.78, 5) is 10.2. The molecule has 5 N–H and O–H groups in total.